The standard InChI is InChI=1S/C14H16BrN3/c1-18-13(15)12(17-14(18)16)11-7-6-9-4-2-3-5-10(9)8-11/h6-8H,2-5H2,1H3,(H2,16,17). The van der Waals surface area contributed by atoms with Gasteiger partial charge in [0.05, 0.1) is 0 Å². The van der Waals surface area contributed by atoms with Gasteiger partial charge in [0.1, 0.15) is 10.3 Å². The van der Waals surface area contributed by atoms with Crippen molar-refractivity contribution in [3.63, 3.8) is 0 Å². The Hall–Kier alpha value is -1.29. The Kier molecular flexibility index (Phi) is 2.90. The molecule has 0 spiro atoms. The number of nitrogens with two attached hydrogens (primary N) is 1. The highest BCUT2D eigenvalue weighted by molar-refractivity contribution is 9.10. The van der Waals surface area contributed by atoms with Crippen LogP contribution in [0.25, 0.3) is 11.3 Å². The van der Waals surface area contributed by atoms with Crippen LogP contribution in [0.4, 0.5) is 5.95 Å². The maximum Gasteiger partial charge on any atom is 0.201 e. The summed E-state index contributed by atoms with van der Waals surface area (Å²) in [4.78, 5) is 4.42. The SMILES string of the molecule is Cn1c(N)nc(-c2ccc3c(c2)CCCC3)c1Br. The lowest BCUT2D eigenvalue weighted by Gasteiger charge is -2.16. The van der Waals surface area contributed by atoms with Crippen LogP contribution in [0.1, 0.15) is 24.0 Å². The van der Waals surface area contributed by atoms with Crippen molar-refractivity contribution in [2.75, 3.05) is 5.73 Å². The van der Waals surface area contributed by atoms with Crippen molar-refractivity contribution < 1.29 is 0 Å². The van der Waals surface area contributed by atoms with Crippen LogP contribution in [0.2, 0.25) is 0 Å². The van der Waals surface area contributed by atoms with Crippen molar-refractivity contribution in [2.45, 2.75) is 25.7 Å². The molecule has 1 aromatic carbocycles. The molecule has 1 aromatic heterocycles. The van der Waals surface area contributed by atoms with Crippen molar-refractivity contribution in [3.8, 4) is 11.3 Å². The van der Waals surface area contributed by atoms with Crippen molar-refractivity contribution >= 4 is 21.9 Å². The van der Waals surface area contributed by atoms with E-state index in [1.807, 2.05) is 11.6 Å². The van der Waals surface area contributed by atoms with Gasteiger partial charge >= 0.3 is 0 Å². The summed E-state index contributed by atoms with van der Waals surface area (Å²) >= 11 is 3.55. The fourth-order valence-corrected chi connectivity index (χ4v) is 3.06. The first-order chi connectivity index (χ1) is 8.66. The summed E-state index contributed by atoms with van der Waals surface area (Å²) in [5, 5.41) is 0. The first kappa shape index (κ1) is 11.8. The Balaban J connectivity index is 2.09. The van der Waals surface area contributed by atoms with Gasteiger partial charge in [-0.1, -0.05) is 12.1 Å². The minimum atomic E-state index is 0.537. The topological polar surface area (TPSA) is 43.8 Å². The van der Waals surface area contributed by atoms with Crippen molar-refractivity contribution in [1.29, 1.82) is 0 Å². The number of rotatable bonds is 1. The number of nitrogens with zero attached hydrogens (tertiary/aromatic N) is 2. The fourth-order valence-electron chi connectivity index (χ4n) is 2.56. The number of hydrogen-bond donors (Lipinski definition) is 1. The van der Waals surface area contributed by atoms with E-state index in [0.717, 1.165) is 15.9 Å². The van der Waals surface area contributed by atoms with Crippen LogP contribution >= 0.6 is 15.9 Å². The summed E-state index contributed by atoms with van der Waals surface area (Å²) in [6.07, 6.45) is 5.00. The minimum absolute atomic E-state index is 0.537. The number of aromatic nitrogens is 2. The highest BCUT2D eigenvalue weighted by Crippen LogP contribution is 2.32. The molecular formula is C14H16BrN3. The van der Waals surface area contributed by atoms with Crippen LogP contribution in [-0.4, -0.2) is 9.55 Å². The highest BCUT2D eigenvalue weighted by Gasteiger charge is 2.15. The third-order valence-corrected chi connectivity index (χ3v) is 4.59. The molecule has 0 amide bonds. The molecule has 0 unspecified atom stereocenters. The molecule has 2 aromatic rings. The Morgan fingerprint density at radius 3 is 2.61 bits per heavy atom. The zero-order chi connectivity index (χ0) is 12.7. The third kappa shape index (κ3) is 1.85. The van der Waals surface area contributed by atoms with E-state index in [2.05, 4.69) is 39.1 Å². The van der Waals surface area contributed by atoms with Crippen molar-refractivity contribution in [2.24, 2.45) is 7.05 Å². The predicted molar refractivity (Wildman–Crippen MR) is 77.4 cm³/mol. The third-order valence-electron chi connectivity index (χ3n) is 3.68. The van der Waals surface area contributed by atoms with Gasteiger partial charge in [-0.2, -0.15) is 0 Å². The average Bonchev–Trinajstić information content (AvgIpc) is 2.66. The molecule has 0 aliphatic heterocycles. The molecule has 0 radical (unpaired) electrons. The molecule has 3 nitrogen and oxygen atoms in total. The van der Waals surface area contributed by atoms with Crippen LogP contribution in [0.5, 0.6) is 0 Å². The first-order valence-electron chi connectivity index (χ1n) is 6.26. The second kappa shape index (κ2) is 4.43. The van der Waals surface area contributed by atoms with E-state index in [0.29, 0.717) is 5.95 Å². The Labute approximate surface area is 115 Å². The van der Waals surface area contributed by atoms with E-state index < -0.39 is 0 Å². The number of aryl methyl sites for hydroxylation is 2. The number of benzene rings is 1. The molecule has 94 valence electrons. The maximum absolute atomic E-state index is 5.84. The van der Waals surface area contributed by atoms with Crippen LogP contribution in [-0.2, 0) is 19.9 Å². The smallest absolute Gasteiger partial charge is 0.201 e. The molecule has 2 N–H and O–H groups in total. The summed E-state index contributed by atoms with van der Waals surface area (Å²) in [7, 11) is 1.91. The van der Waals surface area contributed by atoms with Gasteiger partial charge < -0.3 is 10.3 Å². The quantitative estimate of drug-likeness (QED) is 0.878. The fraction of sp³-hybridized carbons (Fsp3) is 0.357. The second-order valence-corrected chi connectivity index (χ2v) is 5.61. The molecular weight excluding hydrogens is 290 g/mol. The predicted octanol–water partition coefficient (Wildman–Crippen LogP) is 3.31. The summed E-state index contributed by atoms with van der Waals surface area (Å²) in [6, 6.07) is 6.65. The molecule has 0 saturated carbocycles. The van der Waals surface area contributed by atoms with Gasteiger partial charge in [0.15, 0.2) is 0 Å². The van der Waals surface area contributed by atoms with Gasteiger partial charge in [-0.25, -0.2) is 4.98 Å². The number of anilines is 1. The highest BCUT2D eigenvalue weighted by atomic mass is 79.9. The number of imidazole rings is 1. The van der Waals surface area contributed by atoms with E-state index in [-0.39, 0.29) is 0 Å². The number of fused-ring (bicyclic) bond motifs is 1. The van der Waals surface area contributed by atoms with Gasteiger partial charge in [0.25, 0.3) is 0 Å². The van der Waals surface area contributed by atoms with E-state index in [4.69, 9.17) is 5.73 Å². The molecule has 1 heterocycles. The molecule has 1 aliphatic rings. The van der Waals surface area contributed by atoms with E-state index in [9.17, 15) is 0 Å². The molecule has 0 bridgehead atoms. The van der Waals surface area contributed by atoms with Gasteiger partial charge in [-0.3, -0.25) is 0 Å². The van der Waals surface area contributed by atoms with Crippen molar-refractivity contribution in [3.05, 3.63) is 33.9 Å². The molecule has 1 aliphatic carbocycles. The monoisotopic (exact) mass is 305 g/mol. The van der Waals surface area contributed by atoms with Crippen LogP contribution in [0.3, 0.4) is 0 Å². The van der Waals surface area contributed by atoms with Crippen LogP contribution < -0.4 is 5.73 Å². The summed E-state index contributed by atoms with van der Waals surface area (Å²) in [5.41, 5.74) is 10.9. The van der Waals surface area contributed by atoms with Crippen molar-refractivity contribution in [1.82, 2.24) is 9.55 Å². The Morgan fingerprint density at radius 1 is 1.22 bits per heavy atom. The lowest BCUT2D eigenvalue weighted by molar-refractivity contribution is 0.686. The molecule has 3 rings (SSSR count). The number of halogens is 1. The van der Waals surface area contributed by atoms with E-state index >= 15 is 0 Å². The number of hydrogen-bond acceptors (Lipinski definition) is 2. The molecule has 0 saturated heterocycles. The molecule has 0 atom stereocenters. The van der Waals surface area contributed by atoms with Gasteiger partial charge in [0.2, 0.25) is 5.95 Å². The largest absolute Gasteiger partial charge is 0.369 e. The van der Waals surface area contributed by atoms with Gasteiger partial charge in [-0.15, -0.1) is 0 Å². The Morgan fingerprint density at radius 2 is 1.94 bits per heavy atom. The molecule has 0 fully saturated rings. The second-order valence-electron chi connectivity index (χ2n) is 4.86. The normalized spacial score (nSPS) is 14.6. The van der Waals surface area contributed by atoms with Gasteiger partial charge in [-0.05, 0) is 58.8 Å². The average molecular weight is 306 g/mol. The zero-order valence-corrected chi connectivity index (χ0v) is 12.0. The number of nitrogen functional groups attached to an aromatic ring is 1. The lowest BCUT2D eigenvalue weighted by atomic mass is 9.90. The first-order valence-corrected chi connectivity index (χ1v) is 7.06. The van der Waals surface area contributed by atoms with E-state index in [1.54, 1.807) is 0 Å². The maximum atomic E-state index is 5.84. The molecule has 4 heteroatoms. The Bertz CT molecular complexity index is 601. The van der Waals surface area contributed by atoms with Crippen LogP contribution in [0, 0.1) is 0 Å². The summed E-state index contributed by atoms with van der Waals surface area (Å²) < 4.78 is 2.80. The molecule has 18 heavy (non-hydrogen) atoms. The summed E-state index contributed by atoms with van der Waals surface area (Å²) in [6.45, 7) is 0. The van der Waals surface area contributed by atoms with Crippen LogP contribution in [0.15, 0.2) is 22.8 Å². The van der Waals surface area contributed by atoms with E-state index in [1.165, 1.54) is 36.8 Å². The minimum Gasteiger partial charge on any atom is -0.369 e. The lowest BCUT2D eigenvalue weighted by Crippen LogP contribution is -2.02. The summed E-state index contributed by atoms with van der Waals surface area (Å²) in [5.74, 6) is 0.537. The zero-order valence-electron chi connectivity index (χ0n) is 10.4. The van der Waals surface area contributed by atoms with Gasteiger partial charge in [0, 0.05) is 12.6 Å².